The number of aryl methyl sites for hydroxylation is 1. The summed E-state index contributed by atoms with van der Waals surface area (Å²) in [5, 5.41) is 6.49. The summed E-state index contributed by atoms with van der Waals surface area (Å²) in [4.78, 5) is 12.2. The van der Waals surface area contributed by atoms with Crippen LogP contribution >= 0.6 is 15.9 Å². The second-order valence-electron chi connectivity index (χ2n) is 4.34. The van der Waals surface area contributed by atoms with Crippen molar-refractivity contribution in [1.29, 1.82) is 0 Å². The third-order valence-corrected chi connectivity index (χ3v) is 3.50. The van der Waals surface area contributed by atoms with E-state index >= 15 is 0 Å². The third kappa shape index (κ3) is 2.63. The van der Waals surface area contributed by atoms with Crippen LogP contribution in [0.1, 0.15) is 27.2 Å². The highest BCUT2D eigenvalue weighted by atomic mass is 79.9. The average molecular weight is 324 g/mol. The smallest absolute Gasteiger partial charge is 0.258 e. The molecule has 0 aliphatic rings. The van der Waals surface area contributed by atoms with Crippen LogP contribution in [0, 0.1) is 20.8 Å². The number of nitrogens with one attached hydrogen (secondary N) is 1. The fourth-order valence-corrected chi connectivity index (χ4v) is 2.11. The fourth-order valence-electron chi connectivity index (χ4n) is 1.64. The first-order chi connectivity index (χ1) is 8.90. The van der Waals surface area contributed by atoms with Crippen LogP contribution in [0.2, 0.25) is 0 Å². The summed E-state index contributed by atoms with van der Waals surface area (Å²) >= 11 is 3.32. The van der Waals surface area contributed by atoms with Crippen LogP contribution in [0.4, 0.5) is 11.6 Å². The molecular weight excluding hydrogens is 310 g/mol. The Labute approximate surface area is 119 Å². The van der Waals surface area contributed by atoms with E-state index in [4.69, 9.17) is 10.3 Å². The molecule has 100 valence electrons. The Morgan fingerprint density at radius 2 is 2.00 bits per heavy atom. The second kappa shape index (κ2) is 5.05. The minimum absolute atomic E-state index is 0.273. The van der Waals surface area contributed by atoms with Gasteiger partial charge in [-0.2, -0.15) is 0 Å². The van der Waals surface area contributed by atoms with Gasteiger partial charge in [-0.25, -0.2) is 0 Å². The summed E-state index contributed by atoms with van der Waals surface area (Å²) in [7, 11) is 0. The van der Waals surface area contributed by atoms with E-state index < -0.39 is 0 Å². The second-order valence-corrected chi connectivity index (χ2v) is 5.26. The van der Waals surface area contributed by atoms with Crippen molar-refractivity contribution in [3.05, 3.63) is 39.0 Å². The van der Waals surface area contributed by atoms with Gasteiger partial charge in [0.2, 0.25) is 5.88 Å². The van der Waals surface area contributed by atoms with Crippen molar-refractivity contribution < 1.29 is 9.32 Å². The number of halogens is 1. The van der Waals surface area contributed by atoms with E-state index in [1.165, 1.54) is 0 Å². The Morgan fingerprint density at radius 1 is 1.32 bits per heavy atom. The molecule has 1 aromatic carbocycles. The molecule has 0 saturated heterocycles. The van der Waals surface area contributed by atoms with Crippen molar-refractivity contribution in [2.75, 3.05) is 11.1 Å². The Hall–Kier alpha value is -1.82. The molecule has 0 aliphatic heterocycles. The number of nitrogens with two attached hydrogens (primary N) is 1. The van der Waals surface area contributed by atoms with E-state index in [2.05, 4.69) is 26.4 Å². The molecule has 0 bridgehead atoms. The van der Waals surface area contributed by atoms with Crippen LogP contribution in [-0.4, -0.2) is 11.1 Å². The van der Waals surface area contributed by atoms with Crippen molar-refractivity contribution >= 4 is 33.4 Å². The molecule has 1 heterocycles. The van der Waals surface area contributed by atoms with Crippen molar-refractivity contribution in [2.24, 2.45) is 0 Å². The van der Waals surface area contributed by atoms with Crippen LogP contribution in [0.15, 0.2) is 21.1 Å². The van der Waals surface area contributed by atoms with Crippen molar-refractivity contribution in [2.45, 2.75) is 20.8 Å². The van der Waals surface area contributed by atoms with Crippen molar-refractivity contribution in [1.82, 2.24) is 5.16 Å². The van der Waals surface area contributed by atoms with Crippen LogP contribution in [0.3, 0.4) is 0 Å². The molecule has 0 atom stereocenters. The Balaban J connectivity index is 2.33. The number of hydrogen-bond donors (Lipinski definition) is 2. The molecule has 0 unspecified atom stereocenters. The summed E-state index contributed by atoms with van der Waals surface area (Å²) in [5.41, 5.74) is 9.20. The monoisotopic (exact) mass is 323 g/mol. The third-order valence-electron chi connectivity index (χ3n) is 3.04. The number of hydrogen-bond acceptors (Lipinski definition) is 4. The normalized spacial score (nSPS) is 10.5. The van der Waals surface area contributed by atoms with Crippen LogP contribution < -0.4 is 11.1 Å². The highest BCUT2D eigenvalue weighted by Crippen LogP contribution is 2.24. The summed E-state index contributed by atoms with van der Waals surface area (Å²) in [6.45, 7) is 5.45. The zero-order valence-corrected chi connectivity index (χ0v) is 12.5. The number of anilines is 2. The van der Waals surface area contributed by atoms with Crippen LogP contribution in [0.5, 0.6) is 0 Å². The van der Waals surface area contributed by atoms with Gasteiger partial charge in [-0.3, -0.25) is 10.1 Å². The van der Waals surface area contributed by atoms with Crippen LogP contribution in [-0.2, 0) is 0 Å². The van der Waals surface area contributed by atoms with Gasteiger partial charge in [-0.15, -0.1) is 0 Å². The maximum atomic E-state index is 12.2. The van der Waals surface area contributed by atoms with Gasteiger partial charge < -0.3 is 10.3 Å². The lowest BCUT2D eigenvalue weighted by Crippen LogP contribution is -2.14. The highest BCUT2D eigenvalue weighted by Gasteiger charge is 2.16. The topological polar surface area (TPSA) is 81.2 Å². The summed E-state index contributed by atoms with van der Waals surface area (Å²) in [6, 6.07) is 3.48. The molecule has 2 rings (SSSR count). The fraction of sp³-hybridized carbons (Fsp3) is 0.231. The molecule has 5 nitrogen and oxygen atoms in total. The predicted octanol–water partition coefficient (Wildman–Crippen LogP) is 3.20. The first-order valence-electron chi connectivity index (χ1n) is 5.70. The Bertz CT molecular complexity index is 650. The van der Waals surface area contributed by atoms with E-state index in [1.807, 2.05) is 13.8 Å². The summed E-state index contributed by atoms with van der Waals surface area (Å²) in [5.74, 6) is 0.0881. The predicted molar refractivity (Wildman–Crippen MR) is 77.2 cm³/mol. The minimum Gasteiger partial charge on any atom is -0.398 e. The lowest BCUT2D eigenvalue weighted by Gasteiger charge is -2.09. The van der Waals surface area contributed by atoms with E-state index in [0.29, 0.717) is 17.1 Å². The first kappa shape index (κ1) is 13.6. The molecular formula is C13H14BrN3O2. The first-order valence-corrected chi connectivity index (χ1v) is 6.49. The van der Waals surface area contributed by atoms with E-state index in [0.717, 1.165) is 21.3 Å². The average Bonchev–Trinajstić information content (AvgIpc) is 2.65. The molecule has 6 heteroatoms. The van der Waals surface area contributed by atoms with Gasteiger partial charge in [0, 0.05) is 21.3 Å². The van der Waals surface area contributed by atoms with Crippen molar-refractivity contribution in [3.8, 4) is 0 Å². The molecule has 2 aromatic rings. The number of nitrogen functional groups attached to an aromatic ring is 1. The number of carbonyl (C=O) groups excluding carboxylic acids is 1. The largest absolute Gasteiger partial charge is 0.398 e. The quantitative estimate of drug-likeness (QED) is 0.831. The lowest BCUT2D eigenvalue weighted by molar-refractivity contribution is 0.102. The maximum absolute atomic E-state index is 12.2. The van der Waals surface area contributed by atoms with E-state index in [1.54, 1.807) is 19.1 Å². The Kier molecular flexibility index (Phi) is 3.61. The molecule has 3 N–H and O–H groups in total. The standard InChI is InChI=1S/C13H14BrN3O2/c1-6-8(3)17-19-13(6)16-12(18)10-4-9(14)5-11(15)7(10)2/h4-5H,15H2,1-3H3,(H,16,18). The number of rotatable bonds is 2. The molecule has 0 spiro atoms. The summed E-state index contributed by atoms with van der Waals surface area (Å²) < 4.78 is 5.82. The van der Waals surface area contributed by atoms with E-state index in [-0.39, 0.29) is 5.91 Å². The van der Waals surface area contributed by atoms with Crippen molar-refractivity contribution in [3.63, 3.8) is 0 Å². The van der Waals surface area contributed by atoms with Gasteiger partial charge in [0.05, 0.1) is 5.69 Å². The highest BCUT2D eigenvalue weighted by molar-refractivity contribution is 9.10. The molecule has 0 radical (unpaired) electrons. The number of amides is 1. The molecule has 19 heavy (non-hydrogen) atoms. The van der Waals surface area contributed by atoms with Gasteiger partial charge in [0.15, 0.2) is 0 Å². The molecule has 1 aromatic heterocycles. The lowest BCUT2D eigenvalue weighted by atomic mass is 10.1. The maximum Gasteiger partial charge on any atom is 0.258 e. The molecule has 0 fully saturated rings. The van der Waals surface area contributed by atoms with Crippen LogP contribution in [0.25, 0.3) is 0 Å². The number of benzene rings is 1. The number of carbonyl (C=O) groups is 1. The number of nitrogens with zero attached hydrogens (tertiary/aromatic N) is 1. The van der Waals surface area contributed by atoms with Gasteiger partial charge in [-0.1, -0.05) is 21.1 Å². The van der Waals surface area contributed by atoms with E-state index in [9.17, 15) is 4.79 Å². The Morgan fingerprint density at radius 3 is 2.58 bits per heavy atom. The zero-order valence-electron chi connectivity index (χ0n) is 10.9. The summed E-state index contributed by atoms with van der Waals surface area (Å²) in [6.07, 6.45) is 0. The zero-order chi connectivity index (χ0) is 14.2. The van der Waals surface area contributed by atoms with Gasteiger partial charge in [0.25, 0.3) is 5.91 Å². The molecule has 0 aliphatic carbocycles. The van der Waals surface area contributed by atoms with Gasteiger partial charge >= 0.3 is 0 Å². The molecule has 0 saturated carbocycles. The molecule has 1 amide bonds. The SMILES string of the molecule is Cc1noc(NC(=O)c2cc(Br)cc(N)c2C)c1C. The van der Waals surface area contributed by atoms with Gasteiger partial charge in [-0.05, 0) is 38.5 Å². The van der Waals surface area contributed by atoms with Gasteiger partial charge in [0.1, 0.15) is 0 Å². The number of aromatic nitrogens is 1. The minimum atomic E-state index is -0.273.